The molecule has 1 aliphatic rings. The van der Waals surface area contributed by atoms with Crippen molar-refractivity contribution in [2.45, 2.75) is 111 Å². The Labute approximate surface area is 185 Å². The van der Waals surface area contributed by atoms with Crippen molar-refractivity contribution in [1.82, 2.24) is 0 Å². The van der Waals surface area contributed by atoms with Gasteiger partial charge >= 0.3 is 5.97 Å². The predicted molar refractivity (Wildman–Crippen MR) is 127 cm³/mol. The van der Waals surface area contributed by atoms with Gasteiger partial charge in [-0.15, -0.1) is 0 Å². The Morgan fingerprint density at radius 1 is 1.23 bits per heavy atom. The van der Waals surface area contributed by atoms with Crippen molar-refractivity contribution in [1.29, 1.82) is 0 Å². The predicted octanol–water partition coefficient (Wildman–Crippen LogP) is 6.62. The maximum atomic E-state index is 12.9. The maximum Gasteiger partial charge on any atom is 0.306 e. The van der Waals surface area contributed by atoms with Crippen LogP contribution in [0.15, 0.2) is 23.8 Å². The number of carbonyl (C=O) groups is 2. The van der Waals surface area contributed by atoms with Crippen LogP contribution in [0, 0.1) is 11.8 Å². The molecule has 3 atom stereocenters. The lowest BCUT2D eigenvalue weighted by Crippen LogP contribution is -2.45. The van der Waals surface area contributed by atoms with Crippen LogP contribution in [0.1, 0.15) is 80.6 Å². The molecule has 0 N–H and O–H groups in total. The summed E-state index contributed by atoms with van der Waals surface area (Å²) in [5.74, 6) is 0.314. The minimum atomic E-state index is -1.94. The van der Waals surface area contributed by atoms with Crippen molar-refractivity contribution < 1.29 is 18.8 Å². The number of ketones is 1. The first-order chi connectivity index (χ1) is 13.8. The number of rotatable bonds is 10. The molecule has 0 aliphatic heterocycles. The zero-order valence-electron chi connectivity index (χ0n) is 20.7. The fourth-order valence-corrected chi connectivity index (χ4v) is 5.07. The number of allylic oxidation sites excluding steroid dienone is 3. The van der Waals surface area contributed by atoms with E-state index in [9.17, 15) is 9.59 Å². The number of hydrogen-bond acceptors (Lipinski definition) is 4. The van der Waals surface area contributed by atoms with Crippen molar-refractivity contribution >= 4 is 20.1 Å². The van der Waals surface area contributed by atoms with Crippen molar-refractivity contribution in [3.05, 3.63) is 23.8 Å². The number of ether oxygens (including phenoxy) is 1. The number of hydrogen-bond donors (Lipinski definition) is 0. The van der Waals surface area contributed by atoms with Crippen LogP contribution >= 0.6 is 0 Å². The van der Waals surface area contributed by atoms with E-state index in [0.29, 0.717) is 18.6 Å². The standard InChI is InChI=1S/C25H44O4Si/c1-10-19(4)24-20(15-13-11-12-14-16-23(27)28-18(2)3)21(26)17-22(24)29-30(8,9)25(5,6)7/h10-11,13,18,20,22,24H,12,14-17H2,1-9H3/b13-11?,19-10-/t20-,22+,24+/m0/s1. The van der Waals surface area contributed by atoms with E-state index in [1.807, 2.05) is 20.8 Å². The van der Waals surface area contributed by atoms with E-state index in [2.05, 4.69) is 59.0 Å². The Morgan fingerprint density at radius 2 is 1.87 bits per heavy atom. The van der Waals surface area contributed by atoms with E-state index in [0.717, 1.165) is 19.3 Å². The van der Waals surface area contributed by atoms with Gasteiger partial charge in [-0.3, -0.25) is 9.59 Å². The van der Waals surface area contributed by atoms with E-state index in [1.165, 1.54) is 5.57 Å². The Hall–Kier alpha value is -1.20. The van der Waals surface area contributed by atoms with E-state index < -0.39 is 8.32 Å². The summed E-state index contributed by atoms with van der Waals surface area (Å²) in [6, 6.07) is 0. The van der Waals surface area contributed by atoms with Crippen LogP contribution in [0.4, 0.5) is 0 Å². The van der Waals surface area contributed by atoms with Crippen molar-refractivity contribution in [2.24, 2.45) is 11.8 Å². The van der Waals surface area contributed by atoms with E-state index in [-0.39, 0.29) is 35.1 Å². The topological polar surface area (TPSA) is 52.6 Å². The van der Waals surface area contributed by atoms with Crippen LogP contribution in [-0.4, -0.2) is 32.3 Å². The van der Waals surface area contributed by atoms with Gasteiger partial charge in [-0.25, -0.2) is 0 Å². The fourth-order valence-electron chi connectivity index (χ4n) is 3.73. The molecule has 5 heteroatoms. The molecule has 1 fully saturated rings. The second kappa shape index (κ2) is 11.4. The Bertz CT molecular complexity index is 640. The molecule has 0 unspecified atom stereocenters. The third-order valence-corrected chi connectivity index (χ3v) is 11.1. The van der Waals surface area contributed by atoms with E-state index >= 15 is 0 Å². The Kier molecular flexibility index (Phi) is 10.2. The lowest BCUT2D eigenvalue weighted by molar-refractivity contribution is -0.147. The number of esters is 1. The lowest BCUT2D eigenvalue weighted by Gasteiger charge is -2.40. The van der Waals surface area contributed by atoms with Gasteiger partial charge < -0.3 is 9.16 Å². The molecule has 0 saturated heterocycles. The quantitative estimate of drug-likeness (QED) is 0.167. The minimum Gasteiger partial charge on any atom is -0.463 e. The Balaban J connectivity index is 2.72. The molecule has 0 aromatic heterocycles. The summed E-state index contributed by atoms with van der Waals surface area (Å²) in [7, 11) is -1.94. The van der Waals surface area contributed by atoms with Crippen molar-refractivity contribution in [3.8, 4) is 0 Å². The summed E-state index contributed by atoms with van der Waals surface area (Å²) in [5, 5.41) is 0.124. The smallest absolute Gasteiger partial charge is 0.306 e. The molecular weight excluding hydrogens is 392 g/mol. The first-order valence-corrected chi connectivity index (χ1v) is 14.4. The summed E-state index contributed by atoms with van der Waals surface area (Å²) in [6.45, 7) is 19.1. The second-order valence-corrected chi connectivity index (χ2v) is 15.1. The lowest BCUT2D eigenvalue weighted by atomic mass is 9.85. The zero-order valence-corrected chi connectivity index (χ0v) is 21.7. The van der Waals surface area contributed by atoms with Crippen LogP contribution in [-0.2, 0) is 18.8 Å². The summed E-state index contributed by atoms with van der Waals surface area (Å²) in [6.07, 6.45) is 9.55. The first-order valence-electron chi connectivity index (χ1n) is 11.5. The van der Waals surface area contributed by atoms with Gasteiger partial charge in [0, 0.05) is 24.7 Å². The highest BCUT2D eigenvalue weighted by Gasteiger charge is 2.47. The second-order valence-electron chi connectivity index (χ2n) is 10.4. The summed E-state index contributed by atoms with van der Waals surface area (Å²) in [4.78, 5) is 24.5. The van der Waals surface area contributed by atoms with Crippen LogP contribution in [0.3, 0.4) is 0 Å². The monoisotopic (exact) mass is 436 g/mol. The minimum absolute atomic E-state index is 0.0150. The normalized spacial score (nSPS) is 23.6. The third-order valence-electron chi connectivity index (χ3n) is 6.56. The molecule has 0 spiro atoms. The van der Waals surface area contributed by atoms with Crippen molar-refractivity contribution in [2.75, 3.05) is 0 Å². The maximum absolute atomic E-state index is 12.9. The van der Waals surface area contributed by atoms with Gasteiger partial charge in [0.2, 0.25) is 0 Å². The van der Waals surface area contributed by atoms with Gasteiger partial charge in [0.05, 0.1) is 12.2 Å². The molecule has 4 nitrogen and oxygen atoms in total. The molecule has 172 valence electrons. The van der Waals surface area contributed by atoms with Crippen LogP contribution in [0.2, 0.25) is 18.1 Å². The third kappa shape index (κ3) is 7.81. The molecule has 0 bridgehead atoms. The zero-order chi connectivity index (χ0) is 23.1. The van der Waals surface area contributed by atoms with Crippen LogP contribution in [0.5, 0.6) is 0 Å². The van der Waals surface area contributed by atoms with Gasteiger partial charge in [-0.1, -0.05) is 44.6 Å². The van der Waals surface area contributed by atoms with E-state index in [4.69, 9.17) is 9.16 Å². The summed E-state index contributed by atoms with van der Waals surface area (Å²) < 4.78 is 11.9. The van der Waals surface area contributed by atoms with Gasteiger partial charge in [0.25, 0.3) is 0 Å². The molecule has 1 rings (SSSR count). The van der Waals surface area contributed by atoms with Crippen LogP contribution < -0.4 is 0 Å². The molecule has 1 saturated carbocycles. The number of carbonyl (C=O) groups excluding carboxylic acids is 2. The molecule has 0 heterocycles. The van der Waals surface area contributed by atoms with Gasteiger partial charge in [0.1, 0.15) is 5.78 Å². The Morgan fingerprint density at radius 3 is 2.40 bits per heavy atom. The van der Waals surface area contributed by atoms with E-state index in [1.54, 1.807) is 0 Å². The van der Waals surface area contributed by atoms with Gasteiger partial charge in [0.15, 0.2) is 8.32 Å². The highest BCUT2D eigenvalue weighted by atomic mass is 28.4. The molecule has 0 radical (unpaired) electrons. The molecule has 30 heavy (non-hydrogen) atoms. The van der Waals surface area contributed by atoms with Crippen LogP contribution in [0.25, 0.3) is 0 Å². The van der Waals surface area contributed by atoms with Crippen molar-refractivity contribution in [3.63, 3.8) is 0 Å². The average molecular weight is 437 g/mol. The SMILES string of the molecule is C/C=C(/C)[C@H]1[C@H](O[Si](C)(C)C(C)(C)C)CC(=O)[C@@H]1CC=CCCCC(=O)OC(C)C. The largest absolute Gasteiger partial charge is 0.463 e. The highest BCUT2D eigenvalue weighted by Crippen LogP contribution is 2.44. The van der Waals surface area contributed by atoms with Gasteiger partial charge in [-0.05, 0) is 65.1 Å². The summed E-state index contributed by atoms with van der Waals surface area (Å²) >= 11 is 0. The molecule has 0 aromatic carbocycles. The molecule has 1 aliphatic carbocycles. The number of Topliss-reactive ketones (excluding diaryl/α,β-unsaturated/α-hetero) is 1. The highest BCUT2D eigenvalue weighted by molar-refractivity contribution is 6.74. The summed E-state index contributed by atoms with van der Waals surface area (Å²) in [5.41, 5.74) is 1.25. The number of unbranched alkanes of at least 4 members (excludes halogenated alkanes) is 1. The molecule has 0 aromatic rings. The fraction of sp³-hybridized carbons (Fsp3) is 0.760. The van der Waals surface area contributed by atoms with Gasteiger partial charge in [-0.2, -0.15) is 0 Å². The average Bonchev–Trinajstić information content (AvgIpc) is 2.90. The first kappa shape index (κ1) is 26.8. The molecular formula is C25H44O4Si. The molecule has 0 amide bonds.